The molecule has 18 heavy (non-hydrogen) atoms. The fourth-order valence-electron chi connectivity index (χ4n) is 2.03. The molecule has 1 aromatic carbocycles. The minimum absolute atomic E-state index is 0.219. The maximum absolute atomic E-state index is 6.22. The summed E-state index contributed by atoms with van der Waals surface area (Å²) >= 11 is 6.22. The molecule has 0 saturated carbocycles. The van der Waals surface area contributed by atoms with Crippen LogP contribution in [-0.2, 0) is 4.74 Å². The van der Waals surface area contributed by atoms with E-state index in [4.69, 9.17) is 21.1 Å². The van der Waals surface area contributed by atoms with E-state index < -0.39 is 0 Å². The first-order valence-corrected chi connectivity index (χ1v) is 6.79. The summed E-state index contributed by atoms with van der Waals surface area (Å²) in [6, 6.07) is 6.21. The van der Waals surface area contributed by atoms with Gasteiger partial charge in [-0.15, -0.1) is 0 Å². The van der Waals surface area contributed by atoms with Gasteiger partial charge in [0.2, 0.25) is 0 Å². The quantitative estimate of drug-likeness (QED) is 0.891. The Hall–Kier alpha value is -0.770. The van der Waals surface area contributed by atoms with Gasteiger partial charge in [0.25, 0.3) is 0 Å². The van der Waals surface area contributed by atoms with E-state index in [2.05, 4.69) is 12.2 Å². The molecule has 2 atom stereocenters. The fourth-order valence-corrected chi connectivity index (χ4v) is 2.27. The second-order valence-electron chi connectivity index (χ2n) is 4.65. The number of hydrogen-bond acceptors (Lipinski definition) is 3. The van der Waals surface area contributed by atoms with Crippen LogP contribution in [0, 0.1) is 0 Å². The summed E-state index contributed by atoms with van der Waals surface area (Å²) in [4.78, 5) is 0. The molecule has 1 N–H and O–H groups in total. The Labute approximate surface area is 113 Å². The molecule has 2 unspecified atom stereocenters. The first-order valence-electron chi connectivity index (χ1n) is 6.42. The van der Waals surface area contributed by atoms with E-state index in [0.29, 0.717) is 11.6 Å². The molecule has 2 rings (SSSR count). The largest absolute Gasteiger partial charge is 0.489 e. The molecule has 0 amide bonds. The first-order chi connectivity index (χ1) is 8.70. The van der Waals surface area contributed by atoms with Crippen LogP contribution in [0.4, 0.5) is 0 Å². The molecule has 0 radical (unpaired) electrons. The number of hydrogen-bond donors (Lipinski definition) is 1. The number of halogens is 1. The minimum atomic E-state index is 0.219. The summed E-state index contributed by atoms with van der Waals surface area (Å²) < 4.78 is 11.2. The Morgan fingerprint density at radius 3 is 3.00 bits per heavy atom. The molecule has 0 aromatic heterocycles. The number of nitrogens with one attached hydrogen (secondary N) is 1. The van der Waals surface area contributed by atoms with Gasteiger partial charge >= 0.3 is 0 Å². The highest BCUT2D eigenvalue weighted by Gasteiger charge is 2.16. The molecule has 0 spiro atoms. The van der Waals surface area contributed by atoms with Crippen LogP contribution in [-0.4, -0.2) is 26.4 Å². The van der Waals surface area contributed by atoms with Crippen molar-refractivity contribution in [1.82, 2.24) is 5.32 Å². The van der Waals surface area contributed by atoms with Gasteiger partial charge in [-0.1, -0.05) is 17.7 Å². The molecule has 1 aliphatic heterocycles. The average Bonchev–Trinajstić information content (AvgIpc) is 2.89. The Kier molecular flexibility index (Phi) is 4.87. The van der Waals surface area contributed by atoms with Gasteiger partial charge in [-0.05, 0) is 44.5 Å². The number of ether oxygens (including phenoxy) is 2. The Morgan fingerprint density at radius 1 is 1.56 bits per heavy atom. The molecule has 4 heteroatoms. The number of rotatable bonds is 5. The third-order valence-electron chi connectivity index (χ3n) is 3.34. The van der Waals surface area contributed by atoms with Crippen molar-refractivity contribution in [3.8, 4) is 5.75 Å². The SMILES string of the molecule is CNC(C)c1ccc(OCC2CCCO2)c(Cl)c1. The first kappa shape index (κ1) is 13.7. The van der Waals surface area contributed by atoms with E-state index in [1.807, 2.05) is 25.2 Å². The summed E-state index contributed by atoms with van der Waals surface area (Å²) in [5.41, 5.74) is 1.16. The topological polar surface area (TPSA) is 30.5 Å². The fraction of sp³-hybridized carbons (Fsp3) is 0.571. The van der Waals surface area contributed by atoms with Crippen molar-refractivity contribution in [2.45, 2.75) is 31.9 Å². The Morgan fingerprint density at radius 2 is 2.39 bits per heavy atom. The Balaban J connectivity index is 1.96. The lowest BCUT2D eigenvalue weighted by molar-refractivity contribution is 0.0680. The van der Waals surface area contributed by atoms with Crippen molar-refractivity contribution in [2.75, 3.05) is 20.3 Å². The van der Waals surface area contributed by atoms with E-state index in [1.165, 1.54) is 0 Å². The van der Waals surface area contributed by atoms with Gasteiger partial charge in [0.05, 0.1) is 11.1 Å². The molecule has 1 fully saturated rings. The van der Waals surface area contributed by atoms with E-state index in [1.54, 1.807) is 0 Å². The van der Waals surface area contributed by atoms with Gasteiger partial charge in [-0.2, -0.15) is 0 Å². The van der Waals surface area contributed by atoms with Crippen LogP contribution in [0.15, 0.2) is 18.2 Å². The van der Waals surface area contributed by atoms with E-state index in [-0.39, 0.29) is 12.1 Å². The lowest BCUT2D eigenvalue weighted by atomic mass is 10.1. The number of benzene rings is 1. The van der Waals surface area contributed by atoms with Gasteiger partial charge < -0.3 is 14.8 Å². The predicted octanol–water partition coefficient (Wildman–Crippen LogP) is 3.18. The van der Waals surface area contributed by atoms with Gasteiger partial charge in [0.15, 0.2) is 0 Å². The van der Waals surface area contributed by atoms with Crippen LogP contribution in [0.5, 0.6) is 5.75 Å². The third-order valence-corrected chi connectivity index (χ3v) is 3.63. The predicted molar refractivity (Wildman–Crippen MR) is 73.4 cm³/mol. The van der Waals surface area contributed by atoms with E-state index >= 15 is 0 Å². The zero-order valence-corrected chi connectivity index (χ0v) is 11.7. The van der Waals surface area contributed by atoms with Gasteiger partial charge in [-0.25, -0.2) is 0 Å². The molecule has 100 valence electrons. The summed E-state index contributed by atoms with van der Waals surface area (Å²) in [7, 11) is 1.93. The monoisotopic (exact) mass is 269 g/mol. The van der Waals surface area contributed by atoms with Gasteiger partial charge in [0, 0.05) is 12.6 Å². The lowest BCUT2D eigenvalue weighted by Gasteiger charge is -2.15. The summed E-state index contributed by atoms with van der Waals surface area (Å²) in [6.45, 7) is 3.53. The van der Waals surface area contributed by atoms with E-state index in [0.717, 1.165) is 30.8 Å². The minimum Gasteiger partial charge on any atom is -0.489 e. The molecule has 3 nitrogen and oxygen atoms in total. The average molecular weight is 270 g/mol. The van der Waals surface area contributed by atoms with Crippen molar-refractivity contribution >= 4 is 11.6 Å². The molecule has 0 aliphatic carbocycles. The van der Waals surface area contributed by atoms with Crippen molar-refractivity contribution in [2.24, 2.45) is 0 Å². The summed E-state index contributed by atoms with van der Waals surface area (Å²) in [5.74, 6) is 0.735. The van der Waals surface area contributed by atoms with E-state index in [9.17, 15) is 0 Å². The standard InChI is InChI=1S/C14H20ClNO2/c1-10(16-2)11-5-6-14(13(15)8-11)18-9-12-4-3-7-17-12/h5-6,8,10,12,16H,3-4,7,9H2,1-2H3. The van der Waals surface area contributed by atoms with Crippen LogP contribution >= 0.6 is 11.6 Å². The zero-order valence-electron chi connectivity index (χ0n) is 10.9. The lowest BCUT2D eigenvalue weighted by Crippen LogP contribution is -2.16. The highest BCUT2D eigenvalue weighted by Crippen LogP contribution is 2.28. The van der Waals surface area contributed by atoms with Crippen molar-refractivity contribution < 1.29 is 9.47 Å². The van der Waals surface area contributed by atoms with Crippen LogP contribution < -0.4 is 10.1 Å². The maximum atomic E-state index is 6.22. The highest BCUT2D eigenvalue weighted by atomic mass is 35.5. The Bertz CT molecular complexity index is 391. The van der Waals surface area contributed by atoms with Gasteiger partial charge in [0.1, 0.15) is 12.4 Å². The van der Waals surface area contributed by atoms with Crippen LogP contribution in [0.1, 0.15) is 31.4 Å². The molecule has 1 saturated heterocycles. The third kappa shape index (κ3) is 3.37. The molecular weight excluding hydrogens is 250 g/mol. The highest BCUT2D eigenvalue weighted by molar-refractivity contribution is 6.32. The normalized spacial score (nSPS) is 20.9. The second-order valence-corrected chi connectivity index (χ2v) is 5.05. The molecule has 1 aromatic rings. The van der Waals surface area contributed by atoms with Crippen LogP contribution in [0.3, 0.4) is 0 Å². The molecule has 0 bridgehead atoms. The molecular formula is C14H20ClNO2. The molecule has 1 heterocycles. The zero-order chi connectivity index (χ0) is 13.0. The van der Waals surface area contributed by atoms with Crippen LogP contribution in [0.2, 0.25) is 5.02 Å². The van der Waals surface area contributed by atoms with Gasteiger partial charge in [-0.3, -0.25) is 0 Å². The summed E-state index contributed by atoms with van der Waals surface area (Å²) in [6.07, 6.45) is 2.42. The van der Waals surface area contributed by atoms with Crippen molar-refractivity contribution in [3.63, 3.8) is 0 Å². The van der Waals surface area contributed by atoms with Crippen molar-refractivity contribution in [3.05, 3.63) is 28.8 Å². The maximum Gasteiger partial charge on any atom is 0.138 e. The smallest absolute Gasteiger partial charge is 0.138 e. The second kappa shape index (κ2) is 6.41. The summed E-state index contributed by atoms with van der Waals surface area (Å²) in [5, 5.41) is 3.85. The molecule has 1 aliphatic rings. The van der Waals surface area contributed by atoms with Crippen molar-refractivity contribution in [1.29, 1.82) is 0 Å². The van der Waals surface area contributed by atoms with Crippen LogP contribution in [0.25, 0.3) is 0 Å².